The van der Waals surface area contributed by atoms with Gasteiger partial charge in [-0.2, -0.15) is 0 Å². The molecule has 0 aromatic heterocycles. The Morgan fingerprint density at radius 3 is 1.94 bits per heavy atom. The van der Waals surface area contributed by atoms with Crippen LogP contribution in [0.5, 0.6) is 0 Å². The zero-order chi connectivity index (χ0) is 12.4. The molecule has 0 radical (unpaired) electrons. The minimum atomic E-state index is 0.181. The number of nitrogens with one attached hydrogen (secondary N) is 1. The molecule has 3 fully saturated rings. The lowest BCUT2D eigenvalue weighted by Crippen LogP contribution is -2.34. The zero-order valence-corrected chi connectivity index (χ0v) is 11.4. The summed E-state index contributed by atoms with van der Waals surface area (Å²) in [7, 11) is 0. The largest absolute Gasteiger partial charge is 0.342 e. The fourth-order valence-electron chi connectivity index (χ4n) is 4.03. The fourth-order valence-corrected chi connectivity index (χ4v) is 4.03. The van der Waals surface area contributed by atoms with E-state index in [0.717, 1.165) is 26.2 Å². The molecule has 0 aromatic carbocycles. The molecule has 2 aliphatic heterocycles. The molecule has 2 heterocycles. The lowest BCUT2D eigenvalue weighted by Gasteiger charge is -2.18. The van der Waals surface area contributed by atoms with Gasteiger partial charge < -0.3 is 10.2 Å². The number of hydrogen-bond acceptors (Lipinski definition) is 2. The van der Waals surface area contributed by atoms with Gasteiger partial charge in [0.15, 0.2) is 0 Å². The Morgan fingerprint density at radius 2 is 1.53 bits per heavy atom. The van der Waals surface area contributed by atoms with Crippen molar-refractivity contribution >= 4 is 5.91 Å². The van der Waals surface area contributed by atoms with E-state index in [1.807, 2.05) is 0 Å². The number of likely N-dealkylation sites (tertiary alicyclic amines) is 1. The van der Waals surface area contributed by atoms with Gasteiger partial charge >= 0.3 is 0 Å². The molecule has 3 rings (SSSR count). The van der Waals surface area contributed by atoms with Gasteiger partial charge in [-0.15, -0.1) is 0 Å². The average Bonchev–Trinajstić information content (AvgIpc) is 2.64. The van der Waals surface area contributed by atoms with Crippen LogP contribution in [0.3, 0.4) is 0 Å². The second-order valence-corrected chi connectivity index (χ2v) is 7.30. The van der Waals surface area contributed by atoms with Crippen LogP contribution >= 0.6 is 0 Å². The van der Waals surface area contributed by atoms with Crippen LogP contribution in [-0.4, -0.2) is 37.0 Å². The third-order valence-corrected chi connectivity index (χ3v) is 5.97. The molecule has 96 valence electrons. The maximum atomic E-state index is 12.6. The van der Waals surface area contributed by atoms with E-state index in [4.69, 9.17) is 0 Å². The van der Waals surface area contributed by atoms with Crippen molar-refractivity contribution < 1.29 is 4.79 Å². The number of nitrogens with zero attached hydrogens (tertiary/aromatic N) is 1. The summed E-state index contributed by atoms with van der Waals surface area (Å²) in [4.78, 5) is 14.7. The van der Waals surface area contributed by atoms with Crippen molar-refractivity contribution in [2.45, 2.75) is 27.7 Å². The molecule has 1 N–H and O–H groups in total. The van der Waals surface area contributed by atoms with Gasteiger partial charge in [0.05, 0.1) is 0 Å². The second kappa shape index (κ2) is 3.25. The fraction of sp³-hybridized carbons (Fsp3) is 0.929. The van der Waals surface area contributed by atoms with Crippen molar-refractivity contribution in [3.8, 4) is 0 Å². The molecule has 0 bridgehead atoms. The highest BCUT2D eigenvalue weighted by Gasteiger charge is 2.69. The SMILES string of the molecule is CC1(C)C(C(=O)N2C[C@H]3CNC[C@H]3C2)C1(C)C. The van der Waals surface area contributed by atoms with Crippen LogP contribution in [0.1, 0.15) is 27.7 Å². The highest BCUT2D eigenvalue weighted by molar-refractivity contribution is 5.84. The van der Waals surface area contributed by atoms with Gasteiger partial charge in [0, 0.05) is 32.1 Å². The normalized spacial score (nSPS) is 38.2. The molecular formula is C14H24N2O. The van der Waals surface area contributed by atoms with Crippen LogP contribution in [0.25, 0.3) is 0 Å². The lowest BCUT2D eigenvalue weighted by molar-refractivity contribution is -0.133. The van der Waals surface area contributed by atoms with Gasteiger partial charge in [-0.05, 0) is 22.7 Å². The van der Waals surface area contributed by atoms with E-state index in [1.54, 1.807) is 0 Å². The highest BCUT2D eigenvalue weighted by Crippen LogP contribution is 2.69. The van der Waals surface area contributed by atoms with Crippen LogP contribution in [0.4, 0.5) is 0 Å². The summed E-state index contributed by atoms with van der Waals surface area (Å²) in [5.74, 6) is 2.07. The molecule has 1 aliphatic carbocycles. The Balaban J connectivity index is 1.69. The molecule has 17 heavy (non-hydrogen) atoms. The quantitative estimate of drug-likeness (QED) is 0.745. The summed E-state index contributed by atoms with van der Waals surface area (Å²) in [5.41, 5.74) is 0.361. The molecule has 3 heteroatoms. The standard InChI is InChI=1S/C14H24N2O/c1-13(2)11(14(13,3)4)12(17)16-7-9-5-15-6-10(9)8-16/h9-11,15H,5-8H2,1-4H3/t9-,10+. The van der Waals surface area contributed by atoms with Gasteiger partial charge in [0.2, 0.25) is 5.91 Å². The summed E-state index contributed by atoms with van der Waals surface area (Å²) < 4.78 is 0. The lowest BCUT2D eigenvalue weighted by atomic mass is 10.0. The Kier molecular flexibility index (Phi) is 2.20. The topological polar surface area (TPSA) is 32.3 Å². The van der Waals surface area contributed by atoms with Gasteiger partial charge in [0.25, 0.3) is 0 Å². The predicted octanol–water partition coefficient (Wildman–Crippen LogP) is 1.35. The minimum Gasteiger partial charge on any atom is -0.342 e. The smallest absolute Gasteiger partial charge is 0.226 e. The first-order valence-electron chi connectivity index (χ1n) is 6.85. The number of carbonyl (C=O) groups is 1. The van der Waals surface area contributed by atoms with E-state index in [1.165, 1.54) is 0 Å². The van der Waals surface area contributed by atoms with Crippen molar-refractivity contribution in [1.82, 2.24) is 10.2 Å². The van der Waals surface area contributed by atoms with Gasteiger partial charge in [0.1, 0.15) is 0 Å². The first-order chi connectivity index (χ1) is 7.85. The van der Waals surface area contributed by atoms with Gasteiger partial charge in [-0.3, -0.25) is 4.79 Å². The molecule has 1 amide bonds. The first kappa shape index (κ1) is 11.5. The monoisotopic (exact) mass is 236 g/mol. The number of carbonyl (C=O) groups excluding carboxylic acids is 1. The molecule has 1 saturated carbocycles. The van der Waals surface area contributed by atoms with Crippen molar-refractivity contribution in [2.75, 3.05) is 26.2 Å². The molecule has 3 aliphatic rings. The molecule has 0 unspecified atom stereocenters. The number of amides is 1. The van der Waals surface area contributed by atoms with E-state index in [-0.39, 0.29) is 16.7 Å². The molecular weight excluding hydrogens is 212 g/mol. The van der Waals surface area contributed by atoms with Crippen molar-refractivity contribution in [1.29, 1.82) is 0 Å². The van der Waals surface area contributed by atoms with E-state index < -0.39 is 0 Å². The molecule has 0 spiro atoms. The predicted molar refractivity (Wildman–Crippen MR) is 67.5 cm³/mol. The summed E-state index contributed by atoms with van der Waals surface area (Å²) in [5, 5.41) is 3.42. The molecule has 0 aromatic rings. The van der Waals surface area contributed by atoms with E-state index in [2.05, 4.69) is 37.9 Å². The summed E-state index contributed by atoms with van der Waals surface area (Å²) in [6.07, 6.45) is 0. The van der Waals surface area contributed by atoms with Crippen molar-refractivity contribution in [2.24, 2.45) is 28.6 Å². The van der Waals surface area contributed by atoms with E-state index >= 15 is 0 Å². The number of fused-ring (bicyclic) bond motifs is 1. The zero-order valence-electron chi connectivity index (χ0n) is 11.4. The Morgan fingerprint density at radius 1 is 1.06 bits per heavy atom. The highest BCUT2D eigenvalue weighted by atomic mass is 16.2. The average molecular weight is 236 g/mol. The van der Waals surface area contributed by atoms with E-state index in [0.29, 0.717) is 17.7 Å². The summed E-state index contributed by atoms with van der Waals surface area (Å²) in [6.45, 7) is 13.1. The molecule has 3 nitrogen and oxygen atoms in total. The number of hydrogen-bond donors (Lipinski definition) is 1. The minimum absolute atomic E-state index is 0.181. The van der Waals surface area contributed by atoms with E-state index in [9.17, 15) is 4.79 Å². The van der Waals surface area contributed by atoms with Gasteiger partial charge in [-0.1, -0.05) is 27.7 Å². The summed E-state index contributed by atoms with van der Waals surface area (Å²) in [6, 6.07) is 0. The summed E-state index contributed by atoms with van der Waals surface area (Å²) >= 11 is 0. The number of rotatable bonds is 1. The van der Waals surface area contributed by atoms with Crippen LogP contribution < -0.4 is 5.32 Å². The van der Waals surface area contributed by atoms with Crippen LogP contribution in [-0.2, 0) is 4.79 Å². The third kappa shape index (κ3) is 1.41. The second-order valence-electron chi connectivity index (χ2n) is 7.30. The van der Waals surface area contributed by atoms with Crippen LogP contribution in [0.2, 0.25) is 0 Å². The van der Waals surface area contributed by atoms with Gasteiger partial charge in [-0.25, -0.2) is 0 Å². The Labute approximate surface area is 104 Å². The third-order valence-electron chi connectivity index (χ3n) is 5.97. The Bertz CT molecular complexity index is 335. The Hall–Kier alpha value is -0.570. The van der Waals surface area contributed by atoms with Crippen LogP contribution in [0.15, 0.2) is 0 Å². The molecule has 2 atom stereocenters. The molecule has 2 saturated heterocycles. The van der Waals surface area contributed by atoms with Crippen molar-refractivity contribution in [3.63, 3.8) is 0 Å². The van der Waals surface area contributed by atoms with Crippen molar-refractivity contribution in [3.05, 3.63) is 0 Å². The van der Waals surface area contributed by atoms with Crippen LogP contribution in [0, 0.1) is 28.6 Å². The first-order valence-corrected chi connectivity index (χ1v) is 6.85. The maximum Gasteiger partial charge on any atom is 0.226 e. The maximum absolute atomic E-state index is 12.6.